The van der Waals surface area contributed by atoms with Crippen molar-refractivity contribution in [2.75, 3.05) is 11.1 Å². The Morgan fingerprint density at radius 1 is 0.974 bits per heavy atom. The lowest BCUT2D eigenvalue weighted by Gasteiger charge is -2.12. The largest absolute Gasteiger partial charge is 0.416 e. The molecule has 39 heavy (non-hydrogen) atoms. The van der Waals surface area contributed by atoms with Gasteiger partial charge in [-0.1, -0.05) is 47.6 Å². The number of nitrogens with one attached hydrogen (secondary N) is 2. The van der Waals surface area contributed by atoms with Crippen LogP contribution in [0.5, 0.6) is 0 Å². The van der Waals surface area contributed by atoms with Gasteiger partial charge >= 0.3 is 6.18 Å². The number of carbonyl (C=O) groups is 2. The first-order valence-corrected chi connectivity index (χ1v) is 13.0. The number of alkyl halides is 3. The Hall–Kier alpha value is -3.83. The summed E-state index contributed by atoms with van der Waals surface area (Å²) in [5.41, 5.74) is 2.24. The molecule has 4 rings (SSSR count). The Morgan fingerprint density at radius 3 is 2.41 bits per heavy atom. The topological polar surface area (TPSA) is 88.9 Å². The van der Waals surface area contributed by atoms with Gasteiger partial charge in [-0.15, -0.1) is 10.2 Å². The zero-order valence-corrected chi connectivity index (χ0v) is 22.4. The van der Waals surface area contributed by atoms with Crippen LogP contribution in [0.25, 0.3) is 5.69 Å². The fourth-order valence-corrected chi connectivity index (χ4v) is 4.54. The van der Waals surface area contributed by atoms with E-state index in [1.807, 2.05) is 56.3 Å². The van der Waals surface area contributed by atoms with Crippen molar-refractivity contribution >= 4 is 40.9 Å². The van der Waals surface area contributed by atoms with Crippen LogP contribution in [0.4, 0.5) is 18.9 Å². The number of anilines is 1. The molecule has 2 amide bonds. The van der Waals surface area contributed by atoms with E-state index in [1.165, 1.54) is 0 Å². The van der Waals surface area contributed by atoms with Gasteiger partial charge in [0.15, 0.2) is 11.0 Å². The molecule has 0 unspecified atom stereocenters. The van der Waals surface area contributed by atoms with E-state index in [0.717, 1.165) is 41.1 Å². The highest BCUT2D eigenvalue weighted by molar-refractivity contribution is 7.99. The second kappa shape index (κ2) is 11.9. The van der Waals surface area contributed by atoms with Crippen molar-refractivity contribution in [2.24, 2.45) is 0 Å². The second-order valence-corrected chi connectivity index (χ2v) is 9.93. The summed E-state index contributed by atoms with van der Waals surface area (Å²) >= 11 is 7.03. The maximum absolute atomic E-state index is 13.1. The molecule has 0 saturated heterocycles. The van der Waals surface area contributed by atoms with Crippen molar-refractivity contribution < 1.29 is 22.8 Å². The quantitative estimate of drug-likeness (QED) is 0.244. The van der Waals surface area contributed by atoms with Crippen LogP contribution >= 0.6 is 23.4 Å². The van der Waals surface area contributed by atoms with Gasteiger partial charge in [0.05, 0.1) is 28.6 Å². The molecular weight excluding hydrogens is 551 g/mol. The van der Waals surface area contributed by atoms with Crippen LogP contribution in [0.1, 0.15) is 32.9 Å². The molecule has 0 radical (unpaired) electrons. The highest BCUT2D eigenvalue weighted by Crippen LogP contribution is 2.34. The number of hydrogen-bond acceptors (Lipinski definition) is 5. The Balaban J connectivity index is 1.49. The number of carbonyl (C=O) groups excluding carboxylic acids is 2. The molecule has 0 bridgehead atoms. The number of para-hydroxylation sites is 1. The third-order valence-corrected chi connectivity index (χ3v) is 7.05. The van der Waals surface area contributed by atoms with Gasteiger partial charge < -0.3 is 10.6 Å². The molecule has 0 aliphatic carbocycles. The number of amides is 2. The summed E-state index contributed by atoms with van der Waals surface area (Å²) in [7, 11) is 0. The highest BCUT2D eigenvalue weighted by Gasteiger charge is 2.31. The number of thioether (sulfide) groups is 1. The third-order valence-electron chi connectivity index (χ3n) is 5.79. The Bertz CT molecular complexity index is 1510. The molecule has 7 nitrogen and oxygen atoms in total. The lowest BCUT2D eigenvalue weighted by molar-refractivity contribution is -0.137. The number of halogens is 4. The van der Waals surface area contributed by atoms with Crippen molar-refractivity contribution in [3.05, 3.63) is 99.8 Å². The van der Waals surface area contributed by atoms with Crippen LogP contribution in [0.3, 0.4) is 0 Å². The molecule has 1 aromatic heterocycles. The summed E-state index contributed by atoms with van der Waals surface area (Å²) in [4.78, 5) is 25.3. The number of aromatic nitrogens is 3. The molecule has 0 atom stereocenters. The molecule has 0 aliphatic heterocycles. The number of benzene rings is 3. The van der Waals surface area contributed by atoms with E-state index in [4.69, 9.17) is 11.6 Å². The average molecular weight is 574 g/mol. The predicted molar refractivity (Wildman–Crippen MR) is 144 cm³/mol. The number of aryl methyl sites for hydroxylation is 2. The zero-order valence-electron chi connectivity index (χ0n) is 20.8. The van der Waals surface area contributed by atoms with Gasteiger partial charge in [-0.3, -0.25) is 14.2 Å². The smallest absolute Gasteiger partial charge is 0.345 e. The number of rotatable bonds is 8. The molecule has 0 saturated carbocycles. The Labute approximate surface area is 231 Å². The van der Waals surface area contributed by atoms with Crippen molar-refractivity contribution in [1.29, 1.82) is 0 Å². The lowest BCUT2D eigenvalue weighted by atomic mass is 10.1. The van der Waals surface area contributed by atoms with Gasteiger partial charge in [0.1, 0.15) is 0 Å². The minimum Gasteiger partial charge on any atom is -0.345 e. The van der Waals surface area contributed by atoms with Crippen LogP contribution in [0.15, 0.2) is 71.9 Å². The number of nitrogens with zero attached hydrogens (tertiary/aromatic N) is 3. The summed E-state index contributed by atoms with van der Waals surface area (Å²) in [6, 6.07) is 17.3. The van der Waals surface area contributed by atoms with Crippen molar-refractivity contribution in [1.82, 2.24) is 20.1 Å². The summed E-state index contributed by atoms with van der Waals surface area (Å²) in [6.07, 6.45) is -4.57. The maximum Gasteiger partial charge on any atom is 0.416 e. The highest BCUT2D eigenvalue weighted by atomic mass is 35.5. The molecule has 3 aromatic carbocycles. The lowest BCUT2D eigenvalue weighted by Crippen LogP contribution is -2.24. The van der Waals surface area contributed by atoms with Crippen molar-refractivity contribution in [2.45, 2.75) is 31.7 Å². The first-order chi connectivity index (χ1) is 18.5. The van der Waals surface area contributed by atoms with Gasteiger partial charge in [-0.2, -0.15) is 13.2 Å². The van der Waals surface area contributed by atoms with Gasteiger partial charge in [-0.25, -0.2) is 0 Å². The molecule has 0 aliphatic rings. The van der Waals surface area contributed by atoms with E-state index in [9.17, 15) is 22.8 Å². The summed E-state index contributed by atoms with van der Waals surface area (Å²) in [5, 5.41) is 14.0. The average Bonchev–Trinajstić information content (AvgIpc) is 3.31. The first-order valence-electron chi connectivity index (χ1n) is 11.7. The minimum absolute atomic E-state index is 0.0180. The van der Waals surface area contributed by atoms with Crippen LogP contribution in [0.2, 0.25) is 5.02 Å². The monoisotopic (exact) mass is 573 g/mol. The van der Waals surface area contributed by atoms with Gasteiger partial charge in [0, 0.05) is 11.3 Å². The SMILES string of the molecule is Cc1ccc(C(=O)NCc2nnc(SCC(=O)Nc3cc(C(F)(F)F)ccc3Cl)n2-c2ccccc2)cc1C. The van der Waals surface area contributed by atoms with Gasteiger partial charge in [0.25, 0.3) is 5.91 Å². The normalized spacial score (nSPS) is 11.3. The van der Waals surface area contributed by atoms with Gasteiger partial charge in [-0.05, 0) is 67.4 Å². The molecule has 4 aromatic rings. The van der Waals surface area contributed by atoms with E-state index in [2.05, 4.69) is 20.8 Å². The molecule has 0 fully saturated rings. The summed E-state index contributed by atoms with van der Waals surface area (Å²) in [6.45, 7) is 3.96. The van der Waals surface area contributed by atoms with Crippen LogP contribution < -0.4 is 10.6 Å². The minimum atomic E-state index is -4.57. The molecule has 202 valence electrons. The standard InChI is InChI=1S/C27H23ClF3N5O2S/c1-16-8-9-18(12-17(16)2)25(38)32-14-23-34-35-26(36(23)20-6-4-3-5-7-20)39-15-24(37)33-22-13-19(27(29,30)31)10-11-21(22)28/h3-13H,14-15H2,1-2H3,(H,32,38)(H,33,37). The zero-order chi connectivity index (χ0) is 28.2. The van der Waals surface area contributed by atoms with Crippen molar-refractivity contribution in [3.8, 4) is 5.69 Å². The van der Waals surface area contributed by atoms with E-state index in [0.29, 0.717) is 22.2 Å². The number of hydrogen-bond donors (Lipinski definition) is 2. The van der Waals surface area contributed by atoms with E-state index < -0.39 is 17.6 Å². The van der Waals surface area contributed by atoms with Crippen LogP contribution in [-0.2, 0) is 17.5 Å². The maximum atomic E-state index is 13.1. The van der Waals surface area contributed by atoms with Crippen LogP contribution in [-0.4, -0.2) is 32.3 Å². The molecular formula is C27H23ClF3N5O2S. The van der Waals surface area contributed by atoms with E-state index in [1.54, 1.807) is 10.6 Å². The third kappa shape index (κ3) is 6.98. The second-order valence-electron chi connectivity index (χ2n) is 8.58. The van der Waals surface area contributed by atoms with E-state index >= 15 is 0 Å². The Kier molecular flexibility index (Phi) is 8.61. The van der Waals surface area contributed by atoms with Crippen LogP contribution in [0, 0.1) is 13.8 Å². The summed E-state index contributed by atoms with van der Waals surface area (Å²) in [5.74, 6) is -0.588. The predicted octanol–water partition coefficient (Wildman–Crippen LogP) is 6.22. The molecule has 0 spiro atoms. The molecule has 12 heteroatoms. The first kappa shape index (κ1) is 28.2. The van der Waals surface area contributed by atoms with Gasteiger partial charge in [0.2, 0.25) is 5.91 Å². The molecule has 2 N–H and O–H groups in total. The fraction of sp³-hybridized carbons (Fsp3) is 0.185. The van der Waals surface area contributed by atoms with E-state index in [-0.39, 0.29) is 28.9 Å². The summed E-state index contributed by atoms with van der Waals surface area (Å²) < 4.78 is 40.9. The fourth-order valence-electron chi connectivity index (χ4n) is 3.60. The molecule has 1 heterocycles. The Morgan fingerprint density at radius 2 is 1.72 bits per heavy atom. The van der Waals surface area contributed by atoms with Crippen molar-refractivity contribution in [3.63, 3.8) is 0 Å².